The van der Waals surface area contributed by atoms with Gasteiger partial charge in [0.1, 0.15) is 5.75 Å². The summed E-state index contributed by atoms with van der Waals surface area (Å²) in [6.07, 6.45) is 0.426. The number of carbonyl (C=O) groups is 2. The number of benzene rings is 2. The standard InChI is InChI=1S/C24H31N3O4/c1-17-14-27(15-18(2)31-17)16-21-7-5-4-6-20(21)12-25-23(28)13-26-24(29)19-8-10-22(30-3)11-9-19/h4-11,17-18H,12-16H2,1-3H3,(H,25,28)(H,26,29). The third-order valence-electron chi connectivity index (χ3n) is 5.25. The molecule has 2 aromatic carbocycles. The van der Waals surface area contributed by atoms with Gasteiger partial charge in [-0.25, -0.2) is 0 Å². The predicted octanol–water partition coefficient (Wildman–Crippen LogP) is 2.35. The molecule has 7 heteroatoms. The lowest BCUT2D eigenvalue weighted by atomic mass is 10.1. The highest BCUT2D eigenvalue weighted by atomic mass is 16.5. The molecule has 1 aliphatic rings. The zero-order valence-electron chi connectivity index (χ0n) is 18.4. The number of hydrogen-bond donors (Lipinski definition) is 2. The van der Waals surface area contributed by atoms with Crippen molar-refractivity contribution < 1.29 is 19.1 Å². The van der Waals surface area contributed by atoms with Crippen LogP contribution in [0.3, 0.4) is 0 Å². The van der Waals surface area contributed by atoms with Gasteiger partial charge in [-0.2, -0.15) is 0 Å². The van der Waals surface area contributed by atoms with Crippen LogP contribution in [0.1, 0.15) is 35.3 Å². The van der Waals surface area contributed by atoms with E-state index in [1.165, 1.54) is 5.56 Å². The maximum Gasteiger partial charge on any atom is 0.251 e. The van der Waals surface area contributed by atoms with E-state index in [1.807, 2.05) is 18.2 Å². The fourth-order valence-electron chi connectivity index (χ4n) is 3.80. The van der Waals surface area contributed by atoms with Crippen LogP contribution >= 0.6 is 0 Å². The van der Waals surface area contributed by atoms with Gasteiger partial charge in [-0.1, -0.05) is 24.3 Å². The maximum absolute atomic E-state index is 12.3. The topological polar surface area (TPSA) is 79.9 Å². The first kappa shape index (κ1) is 22.8. The Morgan fingerprint density at radius 1 is 1.00 bits per heavy atom. The molecule has 31 heavy (non-hydrogen) atoms. The second-order valence-corrected chi connectivity index (χ2v) is 7.91. The van der Waals surface area contributed by atoms with Gasteiger partial charge in [-0.3, -0.25) is 14.5 Å². The molecule has 0 bridgehead atoms. The molecule has 1 fully saturated rings. The minimum Gasteiger partial charge on any atom is -0.497 e. The SMILES string of the molecule is COc1ccc(C(=O)NCC(=O)NCc2ccccc2CN2CC(C)OC(C)C2)cc1. The third-order valence-corrected chi connectivity index (χ3v) is 5.25. The van der Waals surface area contributed by atoms with Crippen molar-refractivity contribution in [1.82, 2.24) is 15.5 Å². The first-order valence-corrected chi connectivity index (χ1v) is 10.6. The molecule has 2 N–H and O–H groups in total. The normalized spacial score (nSPS) is 18.9. The average Bonchev–Trinajstić information content (AvgIpc) is 2.76. The van der Waals surface area contributed by atoms with Crippen LogP contribution in [0.15, 0.2) is 48.5 Å². The smallest absolute Gasteiger partial charge is 0.251 e. The Labute approximate surface area is 183 Å². The molecule has 166 valence electrons. The van der Waals surface area contributed by atoms with Crippen molar-refractivity contribution in [1.29, 1.82) is 0 Å². The molecular weight excluding hydrogens is 394 g/mol. The van der Waals surface area contributed by atoms with Gasteiger partial charge in [0.25, 0.3) is 5.91 Å². The number of nitrogens with zero attached hydrogens (tertiary/aromatic N) is 1. The van der Waals surface area contributed by atoms with E-state index in [9.17, 15) is 9.59 Å². The molecule has 2 atom stereocenters. The molecule has 0 aliphatic carbocycles. The number of nitrogens with one attached hydrogen (secondary N) is 2. The van der Waals surface area contributed by atoms with Gasteiger partial charge in [0.05, 0.1) is 25.9 Å². The Kier molecular flexibility index (Phi) is 8.03. The van der Waals surface area contributed by atoms with Crippen LogP contribution in [0.5, 0.6) is 5.75 Å². The van der Waals surface area contributed by atoms with Gasteiger partial charge in [-0.05, 0) is 49.2 Å². The van der Waals surface area contributed by atoms with Crippen molar-refractivity contribution in [3.05, 3.63) is 65.2 Å². The summed E-state index contributed by atoms with van der Waals surface area (Å²) in [6.45, 7) is 7.13. The molecule has 1 heterocycles. The molecule has 1 aliphatic heterocycles. The van der Waals surface area contributed by atoms with Crippen molar-refractivity contribution in [2.45, 2.75) is 39.1 Å². The number of methoxy groups -OCH3 is 1. The first-order valence-electron chi connectivity index (χ1n) is 10.6. The van der Waals surface area contributed by atoms with E-state index in [0.717, 1.165) is 25.2 Å². The molecule has 1 saturated heterocycles. The van der Waals surface area contributed by atoms with Crippen molar-refractivity contribution in [2.75, 3.05) is 26.7 Å². The van der Waals surface area contributed by atoms with Crippen LogP contribution in [0.2, 0.25) is 0 Å². The van der Waals surface area contributed by atoms with Gasteiger partial charge in [0.15, 0.2) is 0 Å². The second-order valence-electron chi connectivity index (χ2n) is 7.91. The largest absolute Gasteiger partial charge is 0.497 e. The number of ether oxygens (including phenoxy) is 2. The fourth-order valence-corrected chi connectivity index (χ4v) is 3.80. The van der Waals surface area contributed by atoms with Crippen LogP contribution < -0.4 is 15.4 Å². The molecule has 0 aromatic heterocycles. The fraction of sp³-hybridized carbons (Fsp3) is 0.417. The predicted molar refractivity (Wildman–Crippen MR) is 119 cm³/mol. The molecule has 2 aromatic rings. The average molecular weight is 426 g/mol. The van der Waals surface area contributed by atoms with E-state index in [1.54, 1.807) is 31.4 Å². The van der Waals surface area contributed by atoms with Gasteiger partial charge >= 0.3 is 0 Å². The highest BCUT2D eigenvalue weighted by molar-refractivity contribution is 5.96. The summed E-state index contributed by atoms with van der Waals surface area (Å²) in [5.41, 5.74) is 2.74. The summed E-state index contributed by atoms with van der Waals surface area (Å²) >= 11 is 0. The summed E-state index contributed by atoms with van der Waals surface area (Å²) in [5, 5.41) is 5.55. The monoisotopic (exact) mass is 425 g/mol. The summed E-state index contributed by atoms with van der Waals surface area (Å²) in [6, 6.07) is 14.9. The van der Waals surface area contributed by atoms with Crippen molar-refractivity contribution in [2.24, 2.45) is 0 Å². The first-order chi connectivity index (χ1) is 14.9. The van der Waals surface area contributed by atoms with Gasteiger partial charge < -0.3 is 20.1 Å². The number of hydrogen-bond acceptors (Lipinski definition) is 5. The van der Waals surface area contributed by atoms with Crippen LogP contribution in [-0.2, 0) is 22.6 Å². The summed E-state index contributed by atoms with van der Waals surface area (Å²) in [7, 11) is 1.57. The van der Waals surface area contributed by atoms with Crippen LogP contribution in [0, 0.1) is 0 Å². The summed E-state index contributed by atoms with van der Waals surface area (Å²) in [5.74, 6) is 0.146. The van der Waals surface area contributed by atoms with Gasteiger partial charge in [0.2, 0.25) is 5.91 Å². The van der Waals surface area contributed by atoms with E-state index >= 15 is 0 Å². The van der Waals surface area contributed by atoms with E-state index in [2.05, 4.69) is 35.4 Å². The number of carbonyl (C=O) groups excluding carboxylic acids is 2. The van der Waals surface area contributed by atoms with Gasteiger partial charge in [-0.15, -0.1) is 0 Å². The lowest BCUT2D eigenvalue weighted by Crippen LogP contribution is -2.45. The molecule has 0 spiro atoms. The molecular formula is C24H31N3O4. The van der Waals surface area contributed by atoms with Crippen molar-refractivity contribution >= 4 is 11.8 Å². The Balaban J connectivity index is 1.49. The van der Waals surface area contributed by atoms with E-state index < -0.39 is 0 Å². The van der Waals surface area contributed by atoms with E-state index in [4.69, 9.17) is 9.47 Å². The zero-order valence-corrected chi connectivity index (χ0v) is 18.4. The Hall–Kier alpha value is -2.90. The Bertz CT molecular complexity index is 875. The van der Waals surface area contributed by atoms with Crippen molar-refractivity contribution in [3.63, 3.8) is 0 Å². The second kappa shape index (κ2) is 10.9. The summed E-state index contributed by atoms with van der Waals surface area (Å²) in [4.78, 5) is 26.9. The molecule has 0 saturated carbocycles. The summed E-state index contributed by atoms with van der Waals surface area (Å²) < 4.78 is 10.9. The molecule has 7 nitrogen and oxygen atoms in total. The minimum atomic E-state index is -0.297. The van der Waals surface area contributed by atoms with Gasteiger partial charge in [0, 0.05) is 31.7 Å². The zero-order chi connectivity index (χ0) is 22.2. The molecule has 2 amide bonds. The maximum atomic E-state index is 12.3. The quantitative estimate of drug-likeness (QED) is 0.679. The Morgan fingerprint density at radius 2 is 1.65 bits per heavy atom. The molecule has 2 unspecified atom stereocenters. The third kappa shape index (κ3) is 6.80. The van der Waals surface area contributed by atoms with Crippen LogP contribution in [0.25, 0.3) is 0 Å². The molecule has 3 rings (SSSR count). The lowest BCUT2D eigenvalue weighted by Gasteiger charge is -2.35. The lowest BCUT2D eigenvalue weighted by molar-refractivity contribution is -0.120. The van der Waals surface area contributed by atoms with E-state index in [-0.39, 0.29) is 30.6 Å². The number of rotatable bonds is 8. The highest BCUT2D eigenvalue weighted by Gasteiger charge is 2.22. The Morgan fingerprint density at radius 3 is 2.29 bits per heavy atom. The number of amides is 2. The number of morpholine rings is 1. The minimum absolute atomic E-state index is 0.0779. The van der Waals surface area contributed by atoms with Crippen LogP contribution in [-0.4, -0.2) is 55.7 Å². The van der Waals surface area contributed by atoms with Crippen molar-refractivity contribution in [3.8, 4) is 5.75 Å². The van der Waals surface area contributed by atoms with E-state index in [0.29, 0.717) is 17.9 Å². The van der Waals surface area contributed by atoms with Crippen LogP contribution in [0.4, 0.5) is 0 Å². The highest BCUT2D eigenvalue weighted by Crippen LogP contribution is 2.17. The molecule has 0 radical (unpaired) electrons.